The Bertz CT molecular complexity index is 798. The number of nitrogens with one attached hydrogen (secondary N) is 1. The Kier molecular flexibility index (Phi) is 5.22. The zero-order valence-electron chi connectivity index (χ0n) is 12.3. The average molecular weight is 412 g/mol. The summed E-state index contributed by atoms with van der Waals surface area (Å²) in [6.45, 7) is 0.0446. The number of amides is 1. The number of fused-ring (bicyclic) bond motifs is 1. The van der Waals surface area contributed by atoms with E-state index in [2.05, 4.69) is 26.5 Å². The third-order valence-electron chi connectivity index (χ3n) is 3.05. The van der Waals surface area contributed by atoms with Gasteiger partial charge in [0.05, 0.1) is 10.7 Å². The standard InChI is InChI=1S/C16H12BrClN2O4/c17-12-6-11(18)2-4-13(12)22-8-16(21)20-19-7-10-1-3-14-15(5-10)24-9-23-14/h1-7H,8-9H2,(H,20,21)/b19-7-. The number of carbonyl (C=O) groups excluding carboxylic acids is 1. The third-order valence-corrected chi connectivity index (χ3v) is 3.91. The van der Waals surface area contributed by atoms with Crippen LogP contribution in [0.5, 0.6) is 17.2 Å². The van der Waals surface area contributed by atoms with Crippen LogP contribution < -0.4 is 19.6 Å². The van der Waals surface area contributed by atoms with Crippen molar-refractivity contribution in [1.82, 2.24) is 5.43 Å². The van der Waals surface area contributed by atoms with E-state index in [4.69, 9.17) is 25.8 Å². The molecular weight excluding hydrogens is 400 g/mol. The number of hydrogen-bond donors (Lipinski definition) is 1. The molecule has 1 N–H and O–H groups in total. The molecule has 2 aromatic rings. The minimum Gasteiger partial charge on any atom is -0.483 e. The van der Waals surface area contributed by atoms with Crippen LogP contribution in [0.15, 0.2) is 46.0 Å². The lowest BCUT2D eigenvalue weighted by Crippen LogP contribution is -2.24. The summed E-state index contributed by atoms with van der Waals surface area (Å²) in [5.41, 5.74) is 3.17. The van der Waals surface area contributed by atoms with Crippen LogP contribution in [0.4, 0.5) is 0 Å². The predicted molar refractivity (Wildman–Crippen MR) is 92.9 cm³/mol. The Balaban J connectivity index is 1.50. The molecule has 2 aromatic carbocycles. The van der Waals surface area contributed by atoms with Crippen molar-refractivity contribution in [2.45, 2.75) is 0 Å². The van der Waals surface area contributed by atoms with Gasteiger partial charge in [-0.2, -0.15) is 5.10 Å². The maximum Gasteiger partial charge on any atom is 0.277 e. The molecule has 8 heteroatoms. The third kappa shape index (κ3) is 4.18. The molecule has 0 saturated heterocycles. The zero-order valence-corrected chi connectivity index (χ0v) is 14.6. The SMILES string of the molecule is O=C(COc1ccc(Cl)cc1Br)N/N=C\c1ccc2c(c1)OCO2. The van der Waals surface area contributed by atoms with Gasteiger partial charge in [-0.1, -0.05) is 11.6 Å². The van der Waals surface area contributed by atoms with Gasteiger partial charge < -0.3 is 14.2 Å². The van der Waals surface area contributed by atoms with Crippen LogP contribution in [0, 0.1) is 0 Å². The fourth-order valence-corrected chi connectivity index (χ4v) is 2.74. The van der Waals surface area contributed by atoms with Crippen molar-refractivity contribution in [3.8, 4) is 17.2 Å². The van der Waals surface area contributed by atoms with Crippen LogP contribution >= 0.6 is 27.5 Å². The summed E-state index contributed by atoms with van der Waals surface area (Å²) in [5, 5.41) is 4.46. The van der Waals surface area contributed by atoms with Crippen molar-refractivity contribution >= 4 is 39.7 Å². The van der Waals surface area contributed by atoms with Crippen LogP contribution in [0.25, 0.3) is 0 Å². The highest BCUT2D eigenvalue weighted by molar-refractivity contribution is 9.10. The second-order valence-corrected chi connectivity index (χ2v) is 6.06. The summed E-state index contributed by atoms with van der Waals surface area (Å²) in [7, 11) is 0. The van der Waals surface area contributed by atoms with Crippen molar-refractivity contribution in [2.75, 3.05) is 13.4 Å². The Labute approximate surface area is 151 Å². The molecule has 1 amide bonds. The minimum atomic E-state index is -0.381. The number of halogens is 2. The number of carbonyl (C=O) groups is 1. The highest BCUT2D eigenvalue weighted by Crippen LogP contribution is 2.32. The molecule has 0 saturated carbocycles. The van der Waals surface area contributed by atoms with Gasteiger partial charge in [-0.15, -0.1) is 0 Å². The Hall–Kier alpha value is -2.25. The summed E-state index contributed by atoms with van der Waals surface area (Å²) in [6.07, 6.45) is 1.51. The largest absolute Gasteiger partial charge is 0.483 e. The molecule has 124 valence electrons. The molecule has 0 spiro atoms. The summed E-state index contributed by atoms with van der Waals surface area (Å²) in [6, 6.07) is 10.4. The lowest BCUT2D eigenvalue weighted by Gasteiger charge is -2.07. The number of rotatable bonds is 5. The monoisotopic (exact) mass is 410 g/mol. The molecule has 1 aliphatic rings. The first-order valence-corrected chi connectivity index (χ1v) is 8.08. The number of benzene rings is 2. The first-order valence-electron chi connectivity index (χ1n) is 6.91. The maximum absolute atomic E-state index is 11.7. The number of ether oxygens (including phenoxy) is 3. The molecule has 6 nitrogen and oxygen atoms in total. The molecule has 0 bridgehead atoms. The van der Waals surface area contributed by atoms with E-state index < -0.39 is 0 Å². The van der Waals surface area contributed by atoms with Crippen LogP contribution in [-0.4, -0.2) is 25.5 Å². The van der Waals surface area contributed by atoms with Crippen LogP contribution in [0.3, 0.4) is 0 Å². The maximum atomic E-state index is 11.7. The van der Waals surface area contributed by atoms with E-state index >= 15 is 0 Å². The predicted octanol–water partition coefficient (Wildman–Crippen LogP) is 3.36. The summed E-state index contributed by atoms with van der Waals surface area (Å²) in [4.78, 5) is 11.7. The molecule has 0 atom stereocenters. The molecule has 0 unspecified atom stereocenters. The van der Waals surface area contributed by atoms with Crippen molar-refractivity contribution in [2.24, 2.45) is 5.10 Å². The van der Waals surface area contributed by atoms with Crippen molar-refractivity contribution in [3.05, 3.63) is 51.5 Å². The van der Waals surface area contributed by atoms with Crippen molar-refractivity contribution in [1.29, 1.82) is 0 Å². The van der Waals surface area contributed by atoms with Gasteiger partial charge in [-0.05, 0) is 57.9 Å². The van der Waals surface area contributed by atoms with Gasteiger partial charge in [-0.25, -0.2) is 5.43 Å². The second-order valence-electron chi connectivity index (χ2n) is 4.77. The van der Waals surface area contributed by atoms with E-state index in [1.807, 2.05) is 6.07 Å². The van der Waals surface area contributed by atoms with E-state index in [0.29, 0.717) is 26.7 Å². The first kappa shape index (κ1) is 16.6. The summed E-state index contributed by atoms with van der Waals surface area (Å²) >= 11 is 9.15. The molecular formula is C16H12BrClN2O4. The molecule has 3 rings (SSSR count). The summed E-state index contributed by atoms with van der Waals surface area (Å²) in [5.74, 6) is 1.49. The van der Waals surface area contributed by atoms with Gasteiger partial charge in [0.2, 0.25) is 6.79 Å². The van der Waals surface area contributed by atoms with Crippen molar-refractivity contribution < 1.29 is 19.0 Å². The number of nitrogens with zero attached hydrogens (tertiary/aromatic N) is 1. The lowest BCUT2D eigenvalue weighted by atomic mass is 10.2. The Morgan fingerprint density at radius 2 is 2.12 bits per heavy atom. The molecule has 0 radical (unpaired) electrons. The van der Waals surface area contributed by atoms with Gasteiger partial charge >= 0.3 is 0 Å². The van der Waals surface area contributed by atoms with Gasteiger partial charge in [0.1, 0.15) is 5.75 Å². The minimum absolute atomic E-state index is 0.168. The molecule has 0 fully saturated rings. The first-order chi connectivity index (χ1) is 11.6. The zero-order chi connectivity index (χ0) is 16.9. The molecule has 0 aromatic heterocycles. The molecule has 1 aliphatic heterocycles. The second kappa shape index (κ2) is 7.55. The van der Waals surface area contributed by atoms with E-state index in [-0.39, 0.29) is 19.3 Å². The van der Waals surface area contributed by atoms with Gasteiger partial charge in [0.15, 0.2) is 18.1 Å². The highest BCUT2D eigenvalue weighted by Gasteiger charge is 2.12. The van der Waals surface area contributed by atoms with Gasteiger partial charge in [-0.3, -0.25) is 4.79 Å². The van der Waals surface area contributed by atoms with Gasteiger partial charge in [0.25, 0.3) is 5.91 Å². The van der Waals surface area contributed by atoms with E-state index in [9.17, 15) is 4.79 Å². The molecule has 0 aliphatic carbocycles. The average Bonchev–Trinajstić information content (AvgIpc) is 3.02. The normalized spacial score (nSPS) is 12.4. The Morgan fingerprint density at radius 3 is 2.96 bits per heavy atom. The van der Waals surface area contributed by atoms with E-state index in [1.54, 1.807) is 30.3 Å². The Morgan fingerprint density at radius 1 is 1.29 bits per heavy atom. The van der Waals surface area contributed by atoms with Gasteiger partial charge in [0, 0.05) is 5.02 Å². The fourth-order valence-electron chi connectivity index (χ4n) is 1.94. The van der Waals surface area contributed by atoms with E-state index in [0.717, 1.165) is 5.56 Å². The lowest BCUT2D eigenvalue weighted by molar-refractivity contribution is -0.123. The fraction of sp³-hybridized carbons (Fsp3) is 0.125. The van der Waals surface area contributed by atoms with Crippen LogP contribution in [0.2, 0.25) is 5.02 Å². The van der Waals surface area contributed by atoms with Crippen LogP contribution in [0.1, 0.15) is 5.56 Å². The quantitative estimate of drug-likeness (QED) is 0.605. The van der Waals surface area contributed by atoms with Crippen molar-refractivity contribution in [3.63, 3.8) is 0 Å². The van der Waals surface area contributed by atoms with Crippen LogP contribution in [-0.2, 0) is 4.79 Å². The highest BCUT2D eigenvalue weighted by atomic mass is 79.9. The number of hydrazone groups is 1. The summed E-state index contributed by atoms with van der Waals surface area (Å²) < 4.78 is 16.6. The molecule has 1 heterocycles. The number of hydrogen-bond acceptors (Lipinski definition) is 5. The van der Waals surface area contributed by atoms with E-state index in [1.165, 1.54) is 6.21 Å². The molecule has 24 heavy (non-hydrogen) atoms. The smallest absolute Gasteiger partial charge is 0.277 e. The topological polar surface area (TPSA) is 69.2 Å².